The van der Waals surface area contributed by atoms with Crippen LogP contribution < -0.4 is 4.90 Å². The number of benzene rings is 1. The van der Waals surface area contributed by atoms with E-state index in [4.69, 9.17) is 5.26 Å². The number of anilines is 1. The third-order valence-corrected chi connectivity index (χ3v) is 5.12. The smallest absolute Gasteiger partial charge is 0.254 e. The van der Waals surface area contributed by atoms with Crippen molar-refractivity contribution < 1.29 is 9.90 Å². The van der Waals surface area contributed by atoms with Crippen molar-refractivity contribution in [2.45, 2.75) is 38.1 Å². The summed E-state index contributed by atoms with van der Waals surface area (Å²) in [7, 11) is 0. The van der Waals surface area contributed by atoms with Gasteiger partial charge in [-0.15, -0.1) is 0 Å². The van der Waals surface area contributed by atoms with Gasteiger partial charge in [-0.05, 0) is 59.0 Å². The first-order valence-corrected chi connectivity index (χ1v) is 8.32. The molecule has 1 aromatic rings. The first-order valence-electron chi connectivity index (χ1n) is 7.53. The number of amides is 1. The highest BCUT2D eigenvalue weighted by molar-refractivity contribution is 9.10. The zero-order valence-electron chi connectivity index (χ0n) is 12.2. The number of carbonyl (C=O) groups excluding carboxylic acids is 1. The third kappa shape index (κ3) is 2.47. The van der Waals surface area contributed by atoms with Gasteiger partial charge in [0.15, 0.2) is 0 Å². The molecule has 1 fully saturated rings. The number of fused-ring (bicyclic) bond motifs is 1. The number of aliphatic hydroxyl groups excluding tert-OH is 1. The van der Waals surface area contributed by atoms with Crippen LogP contribution in [0.2, 0.25) is 0 Å². The standard InChI is InChI=1S/C17H17BrN2O2/c18-15-9-12(6-5-11(15)10-19)20-16-4-2-1-3-13(16)14(7-8-21)17(20)22/h5-6,9,16,21H,1-4,7-8H2. The number of rotatable bonds is 3. The van der Waals surface area contributed by atoms with Crippen LogP contribution in [0.1, 0.15) is 37.7 Å². The van der Waals surface area contributed by atoms with Gasteiger partial charge in [-0.2, -0.15) is 5.26 Å². The molecule has 1 saturated carbocycles. The van der Waals surface area contributed by atoms with Crippen LogP contribution in [0, 0.1) is 11.3 Å². The van der Waals surface area contributed by atoms with Gasteiger partial charge in [-0.25, -0.2) is 0 Å². The van der Waals surface area contributed by atoms with Crippen molar-refractivity contribution in [3.63, 3.8) is 0 Å². The van der Waals surface area contributed by atoms with E-state index < -0.39 is 0 Å². The molecular formula is C17H17BrN2O2. The minimum atomic E-state index is 0.00218. The summed E-state index contributed by atoms with van der Waals surface area (Å²) in [5.41, 5.74) is 3.36. The lowest BCUT2D eigenvalue weighted by atomic mass is 9.88. The Labute approximate surface area is 138 Å². The van der Waals surface area contributed by atoms with Crippen LogP contribution in [0.3, 0.4) is 0 Å². The molecule has 1 aliphatic carbocycles. The first kappa shape index (κ1) is 15.3. The summed E-state index contributed by atoms with van der Waals surface area (Å²) < 4.78 is 0.702. The Bertz CT molecular complexity index is 690. The molecule has 1 atom stereocenters. The second-order valence-electron chi connectivity index (χ2n) is 5.69. The Hall–Kier alpha value is -1.64. The molecule has 22 heavy (non-hydrogen) atoms. The number of hydrogen-bond donors (Lipinski definition) is 1. The Kier molecular flexibility index (Phi) is 4.32. The lowest BCUT2D eigenvalue weighted by molar-refractivity contribution is -0.115. The van der Waals surface area contributed by atoms with Gasteiger partial charge < -0.3 is 10.0 Å². The Morgan fingerprint density at radius 3 is 2.91 bits per heavy atom. The van der Waals surface area contributed by atoms with Crippen molar-refractivity contribution in [3.8, 4) is 6.07 Å². The fourth-order valence-corrected chi connectivity index (χ4v) is 3.93. The van der Waals surface area contributed by atoms with Crippen molar-refractivity contribution in [3.05, 3.63) is 39.4 Å². The van der Waals surface area contributed by atoms with Crippen LogP contribution >= 0.6 is 15.9 Å². The Morgan fingerprint density at radius 1 is 1.41 bits per heavy atom. The summed E-state index contributed by atoms with van der Waals surface area (Å²) in [5.74, 6) is 0.00700. The van der Waals surface area contributed by atoms with Crippen LogP contribution in [0.25, 0.3) is 0 Å². The average molecular weight is 361 g/mol. The van der Waals surface area contributed by atoms with Gasteiger partial charge in [0.05, 0.1) is 11.6 Å². The molecule has 1 unspecified atom stereocenters. The van der Waals surface area contributed by atoms with E-state index in [1.54, 1.807) is 6.07 Å². The van der Waals surface area contributed by atoms with E-state index in [1.807, 2.05) is 17.0 Å². The number of nitriles is 1. The lowest BCUT2D eigenvalue weighted by Gasteiger charge is -2.30. The van der Waals surface area contributed by atoms with Crippen LogP contribution in [0.4, 0.5) is 5.69 Å². The zero-order valence-corrected chi connectivity index (χ0v) is 13.8. The SMILES string of the molecule is N#Cc1ccc(N2C(=O)C(CCO)=C3CCCCC32)cc1Br. The minimum Gasteiger partial charge on any atom is -0.396 e. The predicted molar refractivity (Wildman–Crippen MR) is 87.3 cm³/mol. The molecule has 0 aromatic heterocycles. The van der Waals surface area contributed by atoms with E-state index in [2.05, 4.69) is 22.0 Å². The van der Waals surface area contributed by atoms with Crippen molar-refractivity contribution in [2.24, 2.45) is 0 Å². The molecule has 0 saturated heterocycles. The van der Waals surface area contributed by atoms with Crippen LogP contribution in [-0.4, -0.2) is 23.7 Å². The number of aliphatic hydroxyl groups is 1. The molecule has 4 nitrogen and oxygen atoms in total. The summed E-state index contributed by atoms with van der Waals surface area (Å²) >= 11 is 3.39. The first-order chi connectivity index (χ1) is 10.7. The largest absolute Gasteiger partial charge is 0.396 e. The summed E-state index contributed by atoms with van der Waals surface area (Å²) in [6, 6.07) is 7.63. The molecule has 0 spiro atoms. The van der Waals surface area contributed by atoms with Gasteiger partial charge in [0.1, 0.15) is 6.07 Å². The van der Waals surface area contributed by atoms with Crippen molar-refractivity contribution in [1.82, 2.24) is 0 Å². The topological polar surface area (TPSA) is 64.3 Å². The molecule has 5 heteroatoms. The van der Waals surface area contributed by atoms with E-state index in [0.717, 1.165) is 36.9 Å². The zero-order chi connectivity index (χ0) is 15.7. The molecule has 2 aliphatic rings. The maximum atomic E-state index is 12.8. The van der Waals surface area contributed by atoms with E-state index in [9.17, 15) is 9.90 Å². The summed E-state index contributed by atoms with van der Waals surface area (Å²) in [5, 5.41) is 18.3. The molecule has 3 rings (SSSR count). The molecule has 1 N–H and O–H groups in total. The lowest BCUT2D eigenvalue weighted by Crippen LogP contribution is -2.36. The summed E-state index contributed by atoms with van der Waals surface area (Å²) in [4.78, 5) is 14.6. The fourth-order valence-electron chi connectivity index (χ4n) is 3.48. The van der Waals surface area contributed by atoms with Crippen molar-refractivity contribution in [2.75, 3.05) is 11.5 Å². The molecule has 1 heterocycles. The predicted octanol–water partition coefficient (Wildman–Crippen LogP) is 3.29. The van der Waals surface area contributed by atoms with E-state index >= 15 is 0 Å². The van der Waals surface area contributed by atoms with Gasteiger partial charge in [-0.1, -0.05) is 6.42 Å². The highest BCUT2D eigenvalue weighted by Gasteiger charge is 2.40. The second kappa shape index (κ2) is 6.23. The van der Waals surface area contributed by atoms with E-state index in [0.29, 0.717) is 16.5 Å². The fraction of sp³-hybridized carbons (Fsp3) is 0.412. The van der Waals surface area contributed by atoms with E-state index in [-0.39, 0.29) is 18.6 Å². The van der Waals surface area contributed by atoms with Crippen LogP contribution in [0.15, 0.2) is 33.8 Å². The Balaban J connectivity index is 2.00. The third-order valence-electron chi connectivity index (χ3n) is 4.47. The highest BCUT2D eigenvalue weighted by atomic mass is 79.9. The van der Waals surface area contributed by atoms with Crippen LogP contribution in [-0.2, 0) is 4.79 Å². The Morgan fingerprint density at radius 2 is 2.23 bits per heavy atom. The minimum absolute atomic E-state index is 0.00218. The maximum absolute atomic E-state index is 12.8. The van der Waals surface area contributed by atoms with E-state index in [1.165, 1.54) is 5.57 Å². The highest BCUT2D eigenvalue weighted by Crippen LogP contribution is 2.41. The molecule has 0 radical (unpaired) electrons. The van der Waals surface area contributed by atoms with Gasteiger partial charge in [0.25, 0.3) is 5.91 Å². The molecular weight excluding hydrogens is 344 g/mol. The number of carbonyl (C=O) groups is 1. The number of hydrogen-bond acceptors (Lipinski definition) is 3. The molecule has 0 bridgehead atoms. The van der Waals surface area contributed by atoms with Gasteiger partial charge >= 0.3 is 0 Å². The van der Waals surface area contributed by atoms with Gasteiger partial charge in [0, 0.05) is 28.8 Å². The molecule has 1 aromatic carbocycles. The average Bonchev–Trinajstić information content (AvgIpc) is 2.80. The number of halogens is 1. The van der Waals surface area contributed by atoms with Crippen molar-refractivity contribution in [1.29, 1.82) is 5.26 Å². The monoisotopic (exact) mass is 360 g/mol. The molecule has 114 valence electrons. The summed E-state index contributed by atoms with van der Waals surface area (Å²) in [6.45, 7) is 0.00218. The van der Waals surface area contributed by atoms with Crippen molar-refractivity contribution >= 4 is 27.5 Å². The number of nitrogens with zero attached hydrogens (tertiary/aromatic N) is 2. The second-order valence-corrected chi connectivity index (χ2v) is 6.54. The quantitative estimate of drug-likeness (QED) is 0.899. The van der Waals surface area contributed by atoms with Gasteiger partial charge in [-0.3, -0.25) is 4.79 Å². The normalized spacial score (nSPS) is 21.0. The molecule has 1 aliphatic heterocycles. The maximum Gasteiger partial charge on any atom is 0.254 e. The summed E-state index contributed by atoms with van der Waals surface area (Å²) in [6.07, 6.45) is 4.56. The van der Waals surface area contributed by atoms with Crippen LogP contribution in [0.5, 0.6) is 0 Å². The molecule has 1 amide bonds. The van der Waals surface area contributed by atoms with Gasteiger partial charge in [0.2, 0.25) is 0 Å².